The minimum absolute atomic E-state index is 0.158. The molecule has 3 rings (SSSR count). The average molecular weight is 422 g/mol. The van der Waals surface area contributed by atoms with E-state index < -0.39 is 10.0 Å². The molecule has 29 heavy (non-hydrogen) atoms. The number of benzene rings is 1. The SMILES string of the molecule is CCn1c(CCC(=O)N2CCCN(C)CC2)nc2cc(S(=O)(=O)N(C)C)ccc21. The van der Waals surface area contributed by atoms with E-state index in [2.05, 4.69) is 21.5 Å². The Morgan fingerprint density at radius 2 is 1.93 bits per heavy atom. The molecular weight excluding hydrogens is 390 g/mol. The van der Waals surface area contributed by atoms with E-state index in [4.69, 9.17) is 0 Å². The molecule has 1 aromatic heterocycles. The fraction of sp³-hybridized carbons (Fsp3) is 0.600. The Morgan fingerprint density at radius 3 is 2.62 bits per heavy atom. The Balaban J connectivity index is 1.79. The highest BCUT2D eigenvalue weighted by molar-refractivity contribution is 7.89. The van der Waals surface area contributed by atoms with Gasteiger partial charge in [0.25, 0.3) is 0 Å². The highest BCUT2D eigenvalue weighted by Gasteiger charge is 2.21. The smallest absolute Gasteiger partial charge is 0.242 e. The van der Waals surface area contributed by atoms with Crippen LogP contribution in [0.2, 0.25) is 0 Å². The first-order valence-corrected chi connectivity index (χ1v) is 11.6. The predicted molar refractivity (Wildman–Crippen MR) is 113 cm³/mol. The Morgan fingerprint density at radius 1 is 1.17 bits per heavy atom. The normalized spacial score (nSPS) is 16.5. The lowest BCUT2D eigenvalue weighted by Crippen LogP contribution is -2.34. The van der Waals surface area contributed by atoms with Crippen LogP contribution < -0.4 is 0 Å². The summed E-state index contributed by atoms with van der Waals surface area (Å²) in [5.41, 5.74) is 1.54. The molecule has 160 valence electrons. The Kier molecular flexibility index (Phi) is 6.60. The highest BCUT2D eigenvalue weighted by atomic mass is 32.2. The first-order chi connectivity index (χ1) is 13.7. The summed E-state index contributed by atoms with van der Waals surface area (Å²) >= 11 is 0. The van der Waals surface area contributed by atoms with Gasteiger partial charge < -0.3 is 14.4 Å². The number of hydrogen-bond acceptors (Lipinski definition) is 5. The van der Waals surface area contributed by atoms with Crippen LogP contribution in [0.25, 0.3) is 11.0 Å². The van der Waals surface area contributed by atoms with Crippen molar-refractivity contribution in [3.63, 3.8) is 0 Å². The zero-order valence-corrected chi connectivity index (χ0v) is 18.6. The van der Waals surface area contributed by atoms with Crippen molar-refractivity contribution < 1.29 is 13.2 Å². The van der Waals surface area contributed by atoms with Crippen molar-refractivity contribution in [2.45, 2.75) is 37.6 Å². The van der Waals surface area contributed by atoms with Crippen molar-refractivity contribution in [2.24, 2.45) is 0 Å². The van der Waals surface area contributed by atoms with Crippen molar-refractivity contribution in [1.82, 2.24) is 23.7 Å². The molecule has 0 aliphatic carbocycles. The maximum absolute atomic E-state index is 12.7. The van der Waals surface area contributed by atoms with Gasteiger partial charge in [0.1, 0.15) is 5.82 Å². The third-order valence-electron chi connectivity index (χ3n) is 5.53. The zero-order valence-electron chi connectivity index (χ0n) is 17.8. The lowest BCUT2D eigenvalue weighted by molar-refractivity contribution is -0.131. The summed E-state index contributed by atoms with van der Waals surface area (Å²) in [4.78, 5) is 21.8. The van der Waals surface area contributed by atoms with Gasteiger partial charge in [-0.25, -0.2) is 17.7 Å². The molecule has 2 heterocycles. The van der Waals surface area contributed by atoms with E-state index in [1.54, 1.807) is 18.2 Å². The van der Waals surface area contributed by atoms with Crippen LogP contribution in [-0.4, -0.2) is 85.3 Å². The fourth-order valence-corrected chi connectivity index (χ4v) is 4.67. The Labute approximate surface area is 173 Å². The van der Waals surface area contributed by atoms with E-state index in [9.17, 15) is 13.2 Å². The van der Waals surface area contributed by atoms with Crippen molar-refractivity contribution in [2.75, 3.05) is 47.3 Å². The van der Waals surface area contributed by atoms with E-state index in [1.807, 2.05) is 11.8 Å². The number of aryl methyl sites for hydroxylation is 2. The molecule has 2 aromatic rings. The molecule has 0 saturated carbocycles. The van der Waals surface area contributed by atoms with Crippen LogP contribution in [0, 0.1) is 0 Å². The van der Waals surface area contributed by atoms with Gasteiger partial charge in [0, 0.05) is 53.1 Å². The van der Waals surface area contributed by atoms with Gasteiger partial charge >= 0.3 is 0 Å². The molecule has 9 heteroatoms. The number of carbonyl (C=O) groups is 1. The average Bonchev–Trinajstić information content (AvgIpc) is 2.89. The number of carbonyl (C=O) groups excluding carboxylic acids is 1. The Hall–Kier alpha value is -1.97. The second-order valence-electron chi connectivity index (χ2n) is 7.75. The van der Waals surface area contributed by atoms with Crippen molar-refractivity contribution in [1.29, 1.82) is 0 Å². The van der Waals surface area contributed by atoms with Crippen LogP contribution in [0.15, 0.2) is 23.1 Å². The maximum atomic E-state index is 12.7. The predicted octanol–water partition coefficient (Wildman–Crippen LogP) is 1.40. The molecule has 0 N–H and O–H groups in total. The van der Waals surface area contributed by atoms with E-state index in [0.717, 1.165) is 43.9 Å². The zero-order chi connectivity index (χ0) is 21.2. The van der Waals surface area contributed by atoms with Gasteiger partial charge in [0.05, 0.1) is 15.9 Å². The first kappa shape index (κ1) is 21.7. The summed E-state index contributed by atoms with van der Waals surface area (Å²) in [6, 6.07) is 5.04. The molecule has 0 spiro atoms. The molecule has 1 amide bonds. The van der Waals surface area contributed by atoms with Crippen LogP contribution in [-0.2, 0) is 27.8 Å². The molecule has 0 radical (unpaired) electrons. The number of imidazole rings is 1. The second-order valence-corrected chi connectivity index (χ2v) is 9.90. The largest absolute Gasteiger partial charge is 0.341 e. The monoisotopic (exact) mass is 421 g/mol. The topological polar surface area (TPSA) is 78.8 Å². The summed E-state index contributed by atoms with van der Waals surface area (Å²) in [7, 11) is 1.61. The van der Waals surface area contributed by atoms with Gasteiger partial charge in [0.2, 0.25) is 15.9 Å². The molecule has 1 fully saturated rings. The minimum atomic E-state index is -3.51. The van der Waals surface area contributed by atoms with Gasteiger partial charge in [0.15, 0.2) is 0 Å². The summed E-state index contributed by atoms with van der Waals surface area (Å²) in [5.74, 6) is 0.980. The van der Waals surface area contributed by atoms with Crippen LogP contribution in [0.4, 0.5) is 0 Å². The number of sulfonamides is 1. The van der Waals surface area contributed by atoms with Gasteiger partial charge in [-0.2, -0.15) is 0 Å². The van der Waals surface area contributed by atoms with Gasteiger partial charge in [-0.05, 0) is 45.1 Å². The molecule has 0 unspecified atom stereocenters. The Bertz CT molecular complexity index is 983. The van der Waals surface area contributed by atoms with E-state index in [-0.39, 0.29) is 10.8 Å². The third-order valence-corrected chi connectivity index (χ3v) is 7.34. The molecule has 1 aromatic carbocycles. The molecule has 8 nitrogen and oxygen atoms in total. The summed E-state index contributed by atoms with van der Waals surface area (Å²) in [5, 5.41) is 0. The number of nitrogens with zero attached hydrogens (tertiary/aromatic N) is 5. The summed E-state index contributed by atoms with van der Waals surface area (Å²) < 4.78 is 28.1. The number of aromatic nitrogens is 2. The van der Waals surface area contributed by atoms with E-state index in [0.29, 0.717) is 24.9 Å². The second kappa shape index (κ2) is 8.81. The minimum Gasteiger partial charge on any atom is -0.341 e. The molecule has 1 aliphatic rings. The van der Waals surface area contributed by atoms with E-state index in [1.165, 1.54) is 18.4 Å². The molecule has 1 saturated heterocycles. The number of amides is 1. The maximum Gasteiger partial charge on any atom is 0.242 e. The molecule has 0 bridgehead atoms. The number of likely N-dealkylation sites (N-methyl/N-ethyl adjacent to an activating group) is 1. The third kappa shape index (κ3) is 4.62. The van der Waals surface area contributed by atoms with Gasteiger partial charge in [-0.15, -0.1) is 0 Å². The standard InChI is InChI=1S/C20H31N5O3S/c1-5-25-18-8-7-16(29(27,28)22(2)3)15-17(18)21-19(25)9-10-20(26)24-12-6-11-23(4)13-14-24/h7-8,15H,5-6,9-14H2,1-4H3. The van der Waals surface area contributed by atoms with Crippen LogP contribution in [0.3, 0.4) is 0 Å². The lowest BCUT2D eigenvalue weighted by atomic mass is 10.2. The van der Waals surface area contributed by atoms with E-state index >= 15 is 0 Å². The van der Waals surface area contributed by atoms with Crippen LogP contribution in [0.5, 0.6) is 0 Å². The van der Waals surface area contributed by atoms with Crippen molar-refractivity contribution in [3.05, 3.63) is 24.0 Å². The highest BCUT2D eigenvalue weighted by Crippen LogP contribution is 2.23. The number of fused-ring (bicyclic) bond motifs is 1. The van der Waals surface area contributed by atoms with Gasteiger partial charge in [-0.3, -0.25) is 4.79 Å². The molecule has 0 atom stereocenters. The van der Waals surface area contributed by atoms with Crippen molar-refractivity contribution >= 4 is 27.0 Å². The summed E-state index contributed by atoms with van der Waals surface area (Å²) in [6.07, 6.45) is 1.96. The number of rotatable bonds is 6. The first-order valence-electron chi connectivity index (χ1n) is 10.1. The van der Waals surface area contributed by atoms with Crippen LogP contribution in [0.1, 0.15) is 25.6 Å². The quantitative estimate of drug-likeness (QED) is 0.705. The van der Waals surface area contributed by atoms with Crippen LogP contribution >= 0.6 is 0 Å². The van der Waals surface area contributed by atoms with Gasteiger partial charge in [-0.1, -0.05) is 0 Å². The number of hydrogen-bond donors (Lipinski definition) is 0. The molecular formula is C20H31N5O3S. The van der Waals surface area contributed by atoms with Crippen molar-refractivity contribution in [3.8, 4) is 0 Å². The summed E-state index contributed by atoms with van der Waals surface area (Å²) in [6.45, 7) is 6.25. The fourth-order valence-electron chi connectivity index (χ4n) is 3.75. The lowest BCUT2D eigenvalue weighted by Gasteiger charge is -2.20. The molecule has 1 aliphatic heterocycles.